The fourth-order valence-corrected chi connectivity index (χ4v) is 6.64. The van der Waals surface area contributed by atoms with Gasteiger partial charge in [-0.1, -0.05) is 103 Å². The van der Waals surface area contributed by atoms with Crippen LogP contribution in [0.25, 0.3) is 73.3 Å². The van der Waals surface area contributed by atoms with Gasteiger partial charge in [-0.3, -0.25) is 14.0 Å². The fourth-order valence-electron chi connectivity index (χ4n) is 6.64. The van der Waals surface area contributed by atoms with Crippen molar-refractivity contribution in [1.82, 2.24) is 23.9 Å². The zero-order chi connectivity index (χ0) is 30.5. The van der Waals surface area contributed by atoms with Crippen LogP contribution in [-0.2, 0) is 6.42 Å². The van der Waals surface area contributed by atoms with E-state index in [-0.39, 0.29) is 0 Å². The van der Waals surface area contributed by atoms with Crippen LogP contribution in [0.2, 0.25) is 0 Å². The first kappa shape index (κ1) is 26.3. The molecule has 1 aliphatic carbocycles. The molecule has 9 rings (SSSR count). The minimum absolute atomic E-state index is 0.857. The first-order valence-electron chi connectivity index (χ1n) is 15.7. The van der Waals surface area contributed by atoms with Gasteiger partial charge >= 0.3 is 0 Å². The van der Waals surface area contributed by atoms with Gasteiger partial charge in [0.15, 0.2) is 0 Å². The predicted molar refractivity (Wildman–Crippen MR) is 187 cm³/mol. The molecule has 4 aromatic heterocycles. The first-order valence-corrected chi connectivity index (χ1v) is 15.7. The molecule has 0 amide bonds. The molecule has 5 nitrogen and oxygen atoms in total. The van der Waals surface area contributed by atoms with Crippen molar-refractivity contribution in [3.63, 3.8) is 0 Å². The van der Waals surface area contributed by atoms with Gasteiger partial charge in [-0.05, 0) is 65.8 Å². The summed E-state index contributed by atoms with van der Waals surface area (Å²) < 4.78 is 4.48. The van der Waals surface area contributed by atoms with Crippen LogP contribution in [0.5, 0.6) is 0 Å². The van der Waals surface area contributed by atoms with Crippen molar-refractivity contribution in [2.45, 2.75) is 12.8 Å². The van der Waals surface area contributed by atoms with Gasteiger partial charge in [0.2, 0.25) is 0 Å². The highest BCUT2D eigenvalue weighted by molar-refractivity contribution is 5.97. The van der Waals surface area contributed by atoms with Crippen molar-refractivity contribution in [1.29, 1.82) is 0 Å². The molecular weight excluding hydrogens is 562 g/mol. The van der Waals surface area contributed by atoms with Gasteiger partial charge in [0.05, 0.1) is 22.8 Å². The van der Waals surface area contributed by atoms with E-state index in [4.69, 9.17) is 9.97 Å². The highest BCUT2D eigenvalue weighted by Crippen LogP contribution is 2.36. The van der Waals surface area contributed by atoms with E-state index >= 15 is 0 Å². The van der Waals surface area contributed by atoms with Crippen molar-refractivity contribution in [2.24, 2.45) is 0 Å². The van der Waals surface area contributed by atoms with E-state index in [0.29, 0.717) is 0 Å². The Labute approximate surface area is 266 Å². The number of aromatic nitrogens is 5. The molecule has 8 aromatic rings. The lowest BCUT2D eigenvalue weighted by atomic mass is 10.0. The van der Waals surface area contributed by atoms with E-state index in [9.17, 15) is 0 Å². The van der Waals surface area contributed by atoms with E-state index < -0.39 is 0 Å². The fraction of sp³-hybridized carbons (Fsp3) is 0.0488. The predicted octanol–water partition coefficient (Wildman–Crippen LogP) is 9.70. The quantitative estimate of drug-likeness (QED) is 0.200. The molecule has 0 saturated carbocycles. The molecule has 46 heavy (non-hydrogen) atoms. The Kier molecular flexibility index (Phi) is 6.20. The number of fused-ring (bicyclic) bond motifs is 4. The second-order valence-corrected chi connectivity index (χ2v) is 11.7. The minimum atomic E-state index is 0.857. The first-order chi connectivity index (χ1) is 22.8. The zero-order valence-electron chi connectivity index (χ0n) is 25.1. The number of para-hydroxylation sites is 1. The van der Waals surface area contributed by atoms with Crippen LogP contribution in [-0.4, -0.2) is 23.9 Å². The topological polar surface area (TPSA) is 48.0 Å². The Morgan fingerprint density at radius 1 is 0.609 bits per heavy atom. The smallest absolute Gasteiger partial charge is 0.145 e. The summed E-state index contributed by atoms with van der Waals surface area (Å²) in [5, 5.41) is 2.29. The molecular formula is C41H29N5. The van der Waals surface area contributed by atoms with Gasteiger partial charge in [0, 0.05) is 34.6 Å². The summed E-state index contributed by atoms with van der Waals surface area (Å²) in [5.74, 6) is 0.979. The Balaban J connectivity index is 1.10. The molecule has 0 unspecified atom stereocenters. The highest BCUT2D eigenvalue weighted by Gasteiger charge is 2.21. The third kappa shape index (κ3) is 4.36. The van der Waals surface area contributed by atoms with Gasteiger partial charge in [0.1, 0.15) is 17.2 Å². The third-order valence-corrected chi connectivity index (χ3v) is 8.89. The van der Waals surface area contributed by atoms with Gasteiger partial charge in [-0.15, -0.1) is 0 Å². The Morgan fingerprint density at radius 3 is 2.11 bits per heavy atom. The standard InChI is InChI=1S/C41H29N5/c1-2-11-33(12-3-1)46-37-16-7-6-14-35(37)43-40(46)32-23-19-29(20-24-32)28-17-21-31(22-18-28)39-38(36-15-8-9-26-42-36)44-41-34-13-5-4-10-30(34)25-27-45(39)41/h1-5,7-13,15-27H,6,14H2. The number of aryl methyl sites for hydroxylation is 1. The summed E-state index contributed by atoms with van der Waals surface area (Å²) in [5.41, 5.74) is 11.7. The van der Waals surface area contributed by atoms with Gasteiger partial charge < -0.3 is 0 Å². The van der Waals surface area contributed by atoms with Crippen molar-refractivity contribution < 1.29 is 0 Å². The molecule has 0 aliphatic heterocycles. The lowest BCUT2D eigenvalue weighted by Crippen LogP contribution is -2.01. The highest BCUT2D eigenvalue weighted by atomic mass is 15.1. The number of nitrogens with zero attached hydrogens (tertiary/aromatic N) is 5. The molecule has 0 bridgehead atoms. The van der Waals surface area contributed by atoms with Crippen LogP contribution in [0.4, 0.5) is 0 Å². The number of pyridine rings is 2. The van der Waals surface area contributed by atoms with Crippen molar-refractivity contribution in [3.05, 3.63) is 157 Å². The van der Waals surface area contributed by atoms with E-state index in [1.54, 1.807) is 0 Å². The molecule has 4 aromatic carbocycles. The Morgan fingerprint density at radius 2 is 1.33 bits per heavy atom. The normalized spacial score (nSPS) is 12.5. The van der Waals surface area contributed by atoms with Gasteiger partial charge in [-0.25, -0.2) is 9.97 Å². The SMILES string of the molecule is C1=Cc2c(nc(-c3ccc(-c4ccc(-c5c(-c6ccccn6)nc6c7ccccc7ccn56)cc4)cc3)n2-c2ccccc2)CC1. The van der Waals surface area contributed by atoms with Crippen LogP contribution < -0.4 is 0 Å². The third-order valence-electron chi connectivity index (χ3n) is 8.89. The van der Waals surface area contributed by atoms with Crippen molar-refractivity contribution >= 4 is 22.5 Å². The summed E-state index contributed by atoms with van der Waals surface area (Å²) in [7, 11) is 0. The molecule has 0 atom stereocenters. The minimum Gasteiger partial charge on any atom is -0.298 e. The molecule has 0 fully saturated rings. The molecule has 0 saturated heterocycles. The summed E-state index contributed by atoms with van der Waals surface area (Å²) in [6, 6.07) is 44.6. The van der Waals surface area contributed by atoms with Crippen LogP contribution in [0.15, 0.2) is 146 Å². The molecule has 0 spiro atoms. The molecule has 1 aliphatic rings. The van der Waals surface area contributed by atoms with Crippen LogP contribution >= 0.6 is 0 Å². The average Bonchev–Trinajstić information content (AvgIpc) is 3.72. The number of benzene rings is 4. The van der Waals surface area contributed by atoms with E-state index in [1.807, 2.05) is 24.4 Å². The summed E-state index contributed by atoms with van der Waals surface area (Å²) >= 11 is 0. The maximum absolute atomic E-state index is 5.15. The van der Waals surface area contributed by atoms with Crippen molar-refractivity contribution in [2.75, 3.05) is 0 Å². The number of hydrogen-bond acceptors (Lipinski definition) is 3. The van der Waals surface area contributed by atoms with E-state index in [0.717, 1.165) is 80.4 Å². The van der Waals surface area contributed by atoms with E-state index in [2.05, 4.69) is 141 Å². The molecule has 0 N–H and O–H groups in total. The second kappa shape index (κ2) is 10.8. The van der Waals surface area contributed by atoms with Gasteiger partial charge in [0.25, 0.3) is 0 Å². The number of hydrogen-bond donors (Lipinski definition) is 0. The Hall–Kier alpha value is -6.07. The Bertz CT molecular complexity index is 2380. The molecule has 5 heteroatoms. The van der Waals surface area contributed by atoms with Crippen LogP contribution in [0.3, 0.4) is 0 Å². The number of allylic oxidation sites excluding steroid dienone is 1. The summed E-state index contributed by atoms with van der Waals surface area (Å²) in [6.45, 7) is 0. The lowest BCUT2D eigenvalue weighted by molar-refractivity contribution is 0.936. The zero-order valence-corrected chi connectivity index (χ0v) is 25.1. The lowest BCUT2D eigenvalue weighted by Gasteiger charge is -2.12. The van der Waals surface area contributed by atoms with Crippen molar-refractivity contribution in [3.8, 4) is 50.8 Å². The van der Waals surface area contributed by atoms with Crippen LogP contribution in [0.1, 0.15) is 17.8 Å². The monoisotopic (exact) mass is 591 g/mol. The summed E-state index contributed by atoms with van der Waals surface area (Å²) in [6.07, 6.45) is 10.4. The molecule has 0 radical (unpaired) electrons. The second-order valence-electron chi connectivity index (χ2n) is 11.7. The number of rotatable bonds is 5. The average molecular weight is 592 g/mol. The van der Waals surface area contributed by atoms with Gasteiger partial charge in [-0.2, -0.15) is 0 Å². The van der Waals surface area contributed by atoms with Crippen LogP contribution in [0, 0.1) is 0 Å². The molecule has 4 heterocycles. The maximum Gasteiger partial charge on any atom is 0.145 e. The largest absolute Gasteiger partial charge is 0.298 e. The summed E-state index contributed by atoms with van der Waals surface area (Å²) in [4.78, 5) is 14.9. The molecule has 218 valence electrons. The maximum atomic E-state index is 5.15. The number of imidazole rings is 2. The van der Waals surface area contributed by atoms with E-state index in [1.165, 1.54) is 11.1 Å².